The van der Waals surface area contributed by atoms with Gasteiger partial charge in [0.25, 0.3) is 0 Å². The van der Waals surface area contributed by atoms with Crippen molar-refractivity contribution in [2.45, 2.75) is 0 Å². The molecule has 0 saturated carbocycles. The van der Waals surface area contributed by atoms with E-state index in [-0.39, 0.29) is 0 Å². The number of hydrogen-bond acceptors (Lipinski definition) is 2. The molecule has 0 radical (unpaired) electrons. The van der Waals surface area contributed by atoms with Gasteiger partial charge in [0.2, 0.25) is 0 Å². The summed E-state index contributed by atoms with van der Waals surface area (Å²) in [7, 11) is -9.69. The van der Waals surface area contributed by atoms with E-state index in [0.717, 1.165) is 6.26 Å². The van der Waals surface area contributed by atoms with Crippen molar-refractivity contribution in [1.29, 1.82) is 0 Å². The predicted octanol–water partition coefficient (Wildman–Crippen LogP) is 4.16. The van der Waals surface area contributed by atoms with Crippen molar-refractivity contribution in [1.82, 2.24) is 0 Å². The fraction of sp³-hybridized carbons (Fsp3) is 0.500. The van der Waals surface area contributed by atoms with Gasteiger partial charge >= 0.3 is 10.4 Å². The van der Waals surface area contributed by atoms with Crippen LogP contribution in [0.2, 0.25) is 0 Å². The highest BCUT2D eigenvalue weighted by molar-refractivity contribution is 8.45. The SMILES string of the molecule is CS/C(Cl)=N\S(F)(F)(F)(F)F. The standard InChI is InChI=1S/C2H3ClF5NS2/c1-10-2(3)9-11(4,5,6,7)8/h1H3/b9-2-. The molecular formula is C2H3ClF5NS2. The third kappa shape index (κ3) is 8.21. The number of halogens is 6. The molecule has 1 nitrogen and oxygen atoms in total. The Morgan fingerprint density at radius 2 is 1.64 bits per heavy atom. The van der Waals surface area contributed by atoms with Crippen LogP contribution in [-0.4, -0.2) is 10.8 Å². The maximum absolute atomic E-state index is 11.4. The first kappa shape index (κ1) is 11.3. The Balaban J connectivity index is 4.91. The lowest BCUT2D eigenvalue weighted by Crippen LogP contribution is -2.01. The molecule has 0 aromatic carbocycles. The molecule has 0 spiro atoms. The number of nitrogens with zero attached hydrogens (tertiary/aromatic N) is 1. The maximum atomic E-state index is 11.4. The molecule has 0 saturated heterocycles. The van der Waals surface area contributed by atoms with E-state index in [1.165, 1.54) is 4.40 Å². The Morgan fingerprint density at radius 1 is 1.27 bits per heavy atom. The van der Waals surface area contributed by atoms with Crippen LogP contribution in [0.1, 0.15) is 0 Å². The van der Waals surface area contributed by atoms with Crippen LogP contribution >= 0.6 is 33.8 Å². The summed E-state index contributed by atoms with van der Waals surface area (Å²) in [6.07, 6.45) is 1.11. The van der Waals surface area contributed by atoms with Gasteiger partial charge in [-0.3, -0.25) is 0 Å². The zero-order chi connectivity index (χ0) is 9.40. The Hall–Kier alpha value is 0.310. The predicted molar refractivity (Wildman–Crippen MR) is 39.9 cm³/mol. The van der Waals surface area contributed by atoms with Gasteiger partial charge in [-0.1, -0.05) is 42.8 Å². The van der Waals surface area contributed by atoms with Gasteiger partial charge < -0.3 is 0 Å². The van der Waals surface area contributed by atoms with Gasteiger partial charge in [-0.05, 0) is 6.26 Å². The van der Waals surface area contributed by atoms with E-state index in [0.29, 0.717) is 11.8 Å². The molecule has 0 amide bonds. The van der Waals surface area contributed by atoms with E-state index in [9.17, 15) is 19.4 Å². The molecule has 0 rings (SSSR count). The van der Waals surface area contributed by atoms with Crippen LogP contribution in [0.5, 0.6) is 0 Å². The first-order valence-electron chi connectivity index (χ1n) is 1.98. The van der Waals surface area contributed by atoms with Gasteiger partial charge in [0.15, 0.2) is 4.50 Å². The van der Waals surface area contributed by atoms with Gasteiger partial charge in [-0.25, -0.2) is 0 Å². The number of thioether (sulfide) groups is 1. The topological polar surface area (TPSA) is 12.4 Å². The molecule has 0 aliphatic carbocycles. The normalized spacial score (nSPS) is 20.8. The average molecular weight is 236 g/mol. The van der Waals surface area contributed by atoms with Crippen molar-refractivity contribution in [2.75, 3.05) is 6.26 Å². The van der Waals surface area contributed by atoms with Crippen molar-refractivity contribution in [3.8, 4) is 0 Å². The van der Waals surface area contributed by atoms with Crippen LogP contribution in [0.25, 0.3) is 0 Å². The second-order valence-electron chi connectivity index (χ2n) is 1.48. The van der Waals surface area contributed by atoms with Crippen molar-refractivity contribution in [3.05, 3.63) is 0 Å². The van der Waals surface area contributed by atoms with E-state index in [1.54, 1.807) is 0 Å². The van der Waals surface area contributed by atoms with Crippen LogP contribution in [0.4, 0.5) is 19.4 Å². The number of rotatable bonds is 1. The molecular weight excluding hydrogens is 233 g/mol. The second-order valence-corrected chi connectivity index (χ2v) is 4.89. The van der Waals surface area contributed by atoms with Crippen molar-refractivity contribution in [2.24, 2.45) is 4.40 Å². The molecule has 0 atom stereocenters. The van der Waals surface area contributed by atoms with Crippen LogP contribution < -0.4 is 0 Å². The average Bonchev–Trinajstić information content (AvgIpc) is 1.57. The molecule has 0 aliphatic heterocycles. The minimum absolute atomic E-state index is 0.294. The summed E-state index contributed by atoms with van der Waals surface area (Å²) >= 11 is 4.97. The van der Waals surface area contributed by atoms with Gasteiger partial charge in [0.1, 0.15) is 0 Å². The Kier molecular flexibility index (Phi) is 2.23. The summed E-state index contributed by atoms with van der Waals surface area (Å²) in [4.78, 5) is 0. The van der Waals surface area contributed by atoms with Crippen LogP contribution in [0.15, 0.2) is 4.40 Å². The first-order chi connectivity index (χ1) is 4.43. The maximum Gasteiger partial charge on any atom is 0.383 e. The Morgan fingerprint density at radius 3 is 1.73 bits per heavy atom. The van der Waals surface area contributed by atoms with Gasteiger partial charge in [0.05, 0.1) is 0 Å². The highest BCUT2D eigenvalue weighted by Crippen LogP contribution is 2.99. The summed E-state index contributed by atoms with van der Waals surface area (Å²) in [6, 6.07) is 0. The molecule has 0 aliphatic rings. The Labute approximate surface area is 68.9 Å². The second kappa shape index (κ2) is 2.17. The fourth-order valence-electron chi connectivity index (χ4n) is 0.173. The minimum Gasteiger partial charge on any atom is -0.109 e. The zero-order valence-electron chi connectivity index (χ0n) is 5.03. The van der Waals surface area contributed by atoms with Gasteiger partial charge in [-0.15, -0.1) is 4.40 Å². The molecule has 0 unspecified atom stereocenters. The molecule has 0 aromatic heterocycles. The quantitative estimate of drug-likeness (QED) is 0.378. The molecule has 11 heavy (non-hydrogen) atoms. The van der Waals surface area contributed by atoms with Gasteiger partial charge in [0, 0.05) is 0 Å². The minimum atomic E-state index is -9.69. The van der Waals surface area contributed by atoms with Crippen LogP contribution in [0.3, 0.4) is 0 Å². The lowest BCUT2D eigenvalue weighted by Gasteiger charge is -2.34. The third-order valence-electron chi connectivity index (χ3n) is 0.413. The van der Waals surface area contributed by atoms with E-state index in [2.05, 4.69) is 11.6 Å². The lowest BCUT2D eigenvalue weighted by molar-refractivity contribution is 0.367. The first-order valence-corrected chi connectivity index (χ1v) is 5.49. The molecule has 0 bridgehead atoms. The largest absolute Gasteiger partial charge is 0.383 e. The van der Waals surface area contributed by atoms with E-state index in [4.69, 9.17) is 0 Å². The molecule has 9 heteroatoms. The van der Waals surface area contributed by atoms with E-state index >= 15 is 0 Å². The number of hydrogen-bond donors (Lipinski definition) is 0. The highest BCUT2D eigenvalue weighted by atomic mass is 35.5. The summed E-state index contributed by atoms with van der Waals surface area (Å²) in [5.74, 6) is 0. The third-order valence-corrected chi connectivity index (χ3v) is 2.13. The summed E-state index contributed by atoms with van der Waals surface area (Å²) in [5, 5.41) is 0. The fourth-order valence-corrected chi connectivity index (χ4v) is 1.56. The zero-order valence-corrected chi connectivity index (χ0v) is 7.42. The van der Waals surface area contributed by atoms with Crippen molar-refractivity contribution in [3.63, 3.8) is 0 Å². The summed E-state index contributed by atoms with van der Waals surface area (Å²) < 4.78 is 56.8. The van der Waals surface area contributed by atoms with Crippen molar-refractivity contribution >= 4 is 38.3 Å². The van der Waals surface area contributed by atoms with Crippen molar-refractivity contribution < 1.29 is 19.4 Å². The molecule has 0 aromatic rings. The molecule has 0 N–H and O–H groups in total. The highest BCUT2D eigenvalue weighted by Gasteiger charge is 2.64. The monoisotopic (exact) mass is 235 g/mol. The molecule has 0 fully saturated rings. The van der Waals surface area contributed by atoms with Crippen LogP contribution in [0, 0.1) is 0 Å². The smallest absolute Gasteiger partial charge is 0.109 e. The molecule has 0 heterocycles. The molecule has 70 valence electrons. The summed E-state index contributed by atoms with van der Waals surface area (Å²) in [6.45, 7) is 0. The lowest BCUT2D eigenvalue weighted by atomic mass is 11.7. The van der Waals surface area contributed by atoms with E-state index < -0.39 is 14.9 Å². The van der Waals surface area contributed by atoms with Crippen LogP contribution in [-0.2, 0) is 0 Å². The van der Waals surface area contributed by atoms with E-state index in [1.807, 2.05) is 0 Å². The summed E-state index contributed by atoms with van der Waals surface area (Å²) in [5.41, 5.74) is 0. The Bertz CT molecular complexity index is 192. The van der Waals surface area contributed by atoms with Gasteiger partial charge in [-0.2, -0.15) is 0 Å².